The number of hydrogen-bond donors (Lipinski definition) is 0. The van der Waals surface area contributed by atoms with Crippen LogP contribution in [0.15, 0.2) is 0 Å². The number of hydrogen-bond acceptors (Lipinski definition) is 3. The lowest BCUT2D eigenvalue weighted by Crippen LogP contribution is -2.71. The number of piperazine rings is 3. The van der Waals surface area contributed by atoms with Crippen LogP contribution in [0.25, 0.3) is 0 Å². The Morgan fingerprint density at radius 1 is 1.05 bits per heavy atom. The highest BCUT2D eigenvalue weighted by Crippen LogP contribution is 2.27. The number of rotatable bonds is 1. The molecule has 19 heavy (non-hydrogen) atoms. The third-order valence-electron chi connectivity index (χ3n) is 3.46. The third kappa shape index (κ3) is 4.15. The average molecular weight is 330 g/mol. The van der Waals surface area contributed by atoms with Gasteiger partial charge in [-0.15, -0.1) is 4.71 Å². The summed E-state index contributed by atoms with van der Waals surface area (Å²) in [7, 11) is -6.09. The standard InChI is InChI=1S/C7H14ClFN2.CHF3O3S/c8-7-10-1-4-11(9,5-2-10)6-3-10;2-1(3,4)8(5,6)7/h1-7H2;(H,5,6,7)/q+2;/p-1. The predicted molar refractivity (Wildman–Crippen MR) is 57.3 cm³/mol. The molecule has 114 valence electrons. The normalized spacial score (nSPS) is 34.6. The minimum Gasteiger partial charge on any atom is -0.741 e. The van der Waals surface area contributed by atoms with Gasteiger partial charge in [-0.3, -0.25) is 4.48 Å². The maximum atomic E-state index is 13.5. The molecule has 0 atom stereocenters. The van der Waals surface area contributed by atoms with Crippen LogP contribution in [0.4, 0.5) is 17.7 Å². The number of nitrogens with zero attached hydrogens (tertiary/aromatic N) is 2. The van der Waals surface area contributed by atoms with Crippen molar-refractivity contribution in [3.63, 3.8) is 0 Å². The zero-order valence-electron chi connectivity index (χ0n) is 9.87. The molecule has 0 aromatic carbocycles. The largest absolute Gasteiger partial charge is 0.741 e. The number of alkyl halides is 4. The van der Waals surface area contributed by atoms with Gasteiger partial charge in [-0.2, -0.15) is 13.2 Å². The SMILES string of the molecule is F[N+]12CC[N+](CCl)(CC1)CC2.O=S(=O)([O-])C(F)(F)F. The minimum absolute atomic E-state index is 0.198. The van der Waals surface area contributed by atoms with Gasteiger partial charge in [0.25, 0.3) is 0 Å². The summed E-state index contributed by atoms with van der Waals surface area (Å²) in [6.07, 6.45) is 0. The summed E-state index contributed by atoms with van der Waals surface area (Å²) in [6.45, 7) is 4.81. The second kappa shape index (κ2) is 5.32. The van der Waals surface area contributed by atoms with Gasteiger partial charge >= 0.3 is 5.51 Å². The quantitative estimate of drug-likeness (QED) is 0.136. The van der Waals surface area contributed by atoms with Gasteiger partial charge in [-0.05, 0) is 4.48 Å². The molecule has 0 aromatic rings. The van der Waals surface area contributed by atoms with Crippen molar-refractivity contribution in [2.75, 3.05) is 45.3 Å². The molecule has 3 aliphatic heterocycles. The summed E-state index contributed by atoms with van der Waals surface area (Å²) in [5.74, 6) is 0. The van der Waals surface area contributed by atoms with Gasteiger partial charge in [0.05, 0.1) is 0 Å². The number of halogens is 5. The molecule has 0 N–H and O–H groups in total. The molecule has 3 rings (SSSR count). The van der Waals surface area contributed by atoms with Gasteiger partial charge in [-0.1, -0.05) is 11.6 Å². The van der Waals surface area contributed by atoms with Crippen LogP contribution in [0, 0.1) is 0 Å². The average Bonchev–Trinajstić information content (AvgIpc) is 2.29. The van der Waals surface area contributed by atoms with E-state index in [0.29, 0.717) is 25.6 Å². The molecule has 3 fully saturated rings. The van der Waals surface area contributed by atoms with Crippen LogP contribution in [0.5, 0.6) is 0 Å². The highest BCUT2D eigenvalue weighted by molar-refractivity contribution is 7.86. The van der Waals surface area contributed by atoms with Crippen LogP contribution in [0.2, 0.25) is 0 Å². The lowest BCUT2D eigenvalue weighted by atomic mass is 10.2. The molecule has 3 aliphatic rings. The first kappa shape index (κ1) is 16.9. The van der Waals surface area contributed by atoms with Crippen molar-refractivity contribution in [1.82, 2.24) is 0 Å². The lowest BCUT2D eigenvalue weighted by Gasteiger charge is -2.48. The molecule has 3 saturated heterocycles. The summed E-state index contributed by atoms with van der Waals surface area (Å²) < 4.78 is 73.2. The third-order valence-corrected chi connectivity index (χ3v) is 4.54. The molecular formula is C8H14ClF4N2O3S+. The molecule has 0 radical (unpaired) electrons. The van der Waals surface area contributed by atoms with E-state index in [1.165, 1.54) is 0 Å². The molecule has 2 bridgehead atoms. The molecule has 3 heterocycles. The molecule has 0 saturated carbocycles. The van der Waals surface area contributed by atoms with E-state index in [-0.39, 0.29) is 4.71 Å². The Bertz CT molecular complexity index is 404. The molecular weight excluding hydrogens is 316 g/mol. The first-order valence-electron chi connectivity index (χ1n) is 5.42. The van der Waals surface area contributed by atoms with Crippen molar-refractivity contribution >= 4 is 21.7 Å². The van der Waals surface area contributed by atoms with Crippen LogP contribution in [0.1, 0.15) is 0 Å². The smallest absolute Gasteiger partial charge is 0.485 e. The van der Waals surface area contributed by atoms with Crippen molar-refractivity contribution in [3.05, 3.63) is 0 Å². The Kier molecular flexibility index (Phi) is 4.73. The van der Waals surface area contributed by atoms with E-state index in [1.54, 1.807) is 0 Å². The molecule has 0 unspecified atom stereocenters. The van der Waals surface area contributed by atoms with Gasteiger partial charge in [0, 0.05) is 0 Å². The molecule has 5 nitrogen and oxygen atoms in total. The van der Waals surface area contributed by atoms with Crippen molar-refractivity contribution < 1.29 is 39.8 Å². The van der Waals surface area contributed by atoms with Gasteiger partial charge < -0.3 is 4.55 Å². The maximum absolute atomic E-state index is 13.5. The van der Waals surface area contributed by atoms with E-state index in [1.807, 2.05) is 0 Å². The van der Waals surface area contributed by atoms with Gasteiger partial charge in [0.2, 0.25) is 0 Å². The van der Waals surface area contributed by atoms with Gasteiger partial charge in [0.1, 0.15) is 19.6 Å². The number of fused-ring (bicyclic) bond motifs is 3. The van der Waals surface area contributed by atoms with Crippen molar-refractivity contribution in [2.24, 2.45) is 0 Å². The minimum atomic E-state index is -6.09. The first-order chi connectivity index (χ1) is 8.43. The zero-order valence-corrected chi connectivity index (χ0v) is 11.4. The fourth-order valence-electron chi connectivity index (χ4n) is 2.02. The van der Waals surface area contributed by atoms with E-state index < -0.39 is 15.6 Å². The van der Waals surface area contributed by atoms with Crippen molar-refractivity contribution in [2.45, 2.75) is 5.51 Å². The number of quaternary nitrogens is 2. The highest BCUT2D eigenvalue weighted by atomic mass is 35.5. The topological polar surface area (TPSA) is 57.2 Å². The summed E-state index contributed by atoms with van der Waals surface area (Å²) in [5.41, 5.74) is -5.65. The van der Waals surface area contributed by atoms with E-state index in [9.17, 15) is 17.7 Å². The van der Waals surface area contributed by atoms with Crippen LogP contribution in [0.3, 0.4) is 0 Å². The van der Waals surface area contributed by atoms with Crippen LogP contribution < -0.4 is 0 Å². The predicted octanol–water partition coefficient (Wildman–Crippen LogP) is 0.779. The highest BCUT2D eigenvalue weighted by Gasteiger charge is 2.50. The fourth-order valence-corrected chi connectivity index (χ4v) is 2.38. The Morgan fingerprint density at radius 3 is 1.58 bits per heavy atom. The molecule has 0 aromatic heterocycles. The molecule has 11 heteroatoms. The van der Waals surface area contributed by atoms with E-state index in [4.69, 9.17) is 24.6 Å². The Morgan fingerprint density at radius 2 is 1.37 bits per heavy atom. The summed E-state index contributed by atoms with van der Waals surface area (Å²) in [6, 6.07) is 0.667. The maximum Gasteiger partial charge on any atom is 0.485 e. The van der Waals surface area contributed by atoms with Crippen molar-refractivity contribution in [1.29, 1.82) is 0 Å². The fraction of sp³-hybridized carbons (Fsp3) is 1.00. The lowest BCUT2D eigenvalue weighted by molar-refractivity contribution is -1.15. The van der Waals surface area contributed by atoms with E-state index >= 15 is 0 Å². The molecule has 0 spiro atoms. The van der Waals surface area contributed by atoms with E-state index in [0.717, 1.165) is 24.1 Å². The van der Waals surface area contributed by atoms with Gasteiger partial charge in [-0.25, -0.2) is 8.42 Å². The summed E-state index contributed by atoms with van der Waals surface area (Å²) >= 11 is 5.85. The second-order valence-corrected chi connectivity index (χ2v) is 6.34. The Balaban J connectivity index is 0.000000203. The van der Waals surface area contributed by atoms with Crippen molar-refractivity contribution in [3.8, 4) is 0 Å². The van der Waals surface area contributed by atoms with Crippen LogP contribution >= 0.6 is 11.6 Å². The molecule has 0 aliphatic carbocycles. The molecule has 0 amide bonds. The van der Waals surface area contributed by atoms with Gasteiger partial charge in [0.15, 0.2) is 35.8 Å². The Hall–Kier alpha value is -0.160. The Labute approximate surface area is 113 Å². The van der Waals surface area contributed by atoms with Crippen LogP contribution in [-0.4, -0.2) is 72.9 Å². The second-order valence-electron chi connectivity index (χ2n) is 4.73. The van der Waals surface area contributed by atoms with E-state index in [2.05, 4.69) is 0 Å². The monoisotopic (exact) mass is 329 g/mol. The summed E-state index contributed by atoms with van der Waals surface area (Å²) in [5, 5.41) is 0. The first-order valence-corrected chi connectivity index (χ1v) is 7.36. The zero-order chi connectivity index (χ0) is 14.9. The van der Waals surface area contributed by atoms with Crippen LogP contribution in [-0.2, 0) is 10.1 Å². The summed E-state index contributed by atoms with van der Waals surface area (Å²) in [4.78, 5) is 0.